The molecule has 0 radical (unpaired) electrons. The average molecular weight is 153 g/mol. The molecule has 0 aliphatic carbocycles. The molecule has 2 N–H and O–H groups in total. The molecule has 2 heterocycles. The van der Waals surface area contributed by atoms with Gasteiger partial charge in [-0.3, -0.25) is 0 Å². The van der Waals surface area contributed by atoms with E-state index in [-0.39, 0.29) is 11.5 Å². The predicted molar refractivity (Wildman–Crippen MR) is 36.2 cm³/mol. The van der Waals surface area contributed by atoms with Crippen LogP contribution in [0.2, 0.25) is 0 Å². The summed E-state index contributed by atoms with van der Waals surface area (Å²) in [7, 11) is 0. The van der Waals surface area contributed by atoms with Crippen LogP contribution in [0.5, 0.6) is 0 Å². The molecule has 2 aromatic heterocycles. The Morgan fingerprint density at radius 2 is 2.36 bits per heavy atom. The van der Waals surface area contributed by atoms with Gasteiger partial charge in [0.05, 0.1) is 11.6 Å². The summed E-state index contributed by atoms with van der Waals surface area (Å²) in [4.78, 5) is 3.62. The molecule has 2 aromatic rings. The minimum atomic E-state index is -0.451. The lowest BCUT2D eigenvalue weighted by Gasteiger charge is -1.85. The minimum Gasteiger partial charge on any atom is -0.380 e. The number of nitrogen functional groups attached to an aromatic ring is 1. The lowest BCUT2D eigenvalue weighted by molar-refractivity contribution is 0.451. The molecule has 5 heteroatoms. The number of anilines is 1. The summed E-state index contributed by atoms with van der Waals surface area (Å²) in [6.07, 6.45) is 1.05. The van der Waals surface area contributed by atoms with Crippen molar-refractivity contribution in [1.82, 2.24) is 10.1 Å². The van der Waals surface area contributed by atoms with Crippen LogP contribution in [0.3, 0.4) is 0 Å². The molecule has 0 saturated heterocycles. The van der Waals surface area contributed by atoms with E-state index in [2.05, 4.69) is 14.7 Å². The van der Waals surface area contributed by atoms with Crippen molar-refractivity contribution >= 4 is 16.9 Å². The van der Waals surface area contributed by atoms with Crippen molar-refractivity contribution in [2.45, 2.75) is 0 Å². The van der Waals surface area contributed by atoms with Gasteiger partial charge in [0.25, 0.3) is 5.71 Å². The number of nitrogens with two attached hydrogens (primary N) is 1. The Labute approximate surface area is 60.8 Å². The van der Waals surface area contributed by atoms with Crippen molar-refractivity contribution in [3.63, 3.8) is 0 Å². The third kappa shape index (κ3) is 0.813. The lowest BCUT2D eigenvalue weighted by atomic mass is 10.3. The summed E-state index contributed by atoms with van der Waals surface area (Å²) >= 11 is 0. The maximum Gasteiger partial charge on any atom is 0.260 e. The number of nitrogens with zero attached hydrogens (tertiary/aromatic N) is 2. The van der Waals surface area contributed by atoms with Crippen LogP contribution < -0.4 is 5.73 Å². The topological polar surface area (TPSA) is 64.9 Å². The first-order valence-corrected chi connectivity index (χ1v) is 2.94. The van der Waals surface area contributed by atoms with E-state index in [9.17, 15) is 4.39 Å². The van der Waals surface area contributed by atoms with Crippen LogP contribution in [-0.2, 0) is 0 Å². The largest absolute Gasteiger partial charge is 0.380 e. The lowest BCUT2D eigenvalue weighted by Crippen LogP contribution is -1.84. The van der Waals surface area contributed by atoms with Crippen LogP contribution in [-0.4, -0.2) is 10.1 Å². The van der Waals surface area contributed by atoms with Gasteiger partial charge in [-0.15, -0.1) is 0 Å². The van der Waals surface area contributed by atoms with Gasteiger partial charge in [0.15, 0.2) is 5.82 Å². The summed E-state index contributed by atoms with van der Waals surface area (Å²) in [5.41, 5.74) is 5.59. The van der Waals surface area contributed by atoms with Gasteiger partial charge >= 0.3 is 0 Å². The molecule has 0 atom stereocenters. The molecule has 2 rings (SSSR count). The van der Waals surface area contributed by atoms with Gasteiger partial charge in [0.1, 0.15) is 5.82 Å². The molecular weight excluding hydrogens is 149 g/mol. The molecule has 0 aliphatic rings. The van der Waals surface area contributed by atoms with Crippen molar-refractivity contribution in [2.24, 2.45) is 0 Å². The van der Waals surface area contributed by atoms with Crippen LogP contribution >= 0.6 is 0 Å². The predicted octanol–water partition coefficient (Wildman–Crippen LogP) is 0.944. The van der Waals surface area contributed by atoms with Crippen molar-refractivity contribution in [3.05, 3.63) is 18.1 Å². The third-order valence-corrected chi connectivity index (χ3v) is 1.32. The molecule has 0 bridgehead atoms. The minimum absolute atomic E-state index is 0.159. The number of hydrogen-bond acceptors (Lipinski definition) is 4. The summed E-state index contributed by atoms with van der Waals surface area (Å²) in [5.74, 6) is -0.292. The summed E-state index contributed by atoms with van der Waals surface area (Å²) in [5, 5.41) is 3.82. The number of aromatic nitrogens is 2. The van der Waals surface area contributed by atoms with E-state index >= 15 is 0 Å². The zero-order valence-corrected chi connectivity index (χ0v) is 5.41. The third-order valence-electron chi connectivity index (χ3n) is 1.32. The van der Waals surface area contributed by atoms with Gasteiger partial charge in [-0.25, -0.2) is 9.37 Å². The van der Waals surface area contributed by atoms with Gasteiger partial charge in [-0.1, -0.05) is 5.16 Å². The van der Waals surface area contributed by atoms with Crippen LogP contribution in [0.15, 0.2) is 16.8 Å². The average Bonchev–Trinajstić information content (AvgIpc) is 2.33. The second-order valence-corrected chi connectivity index (χ2v) is 2.07. The molecule has 0 fully saturated rings. The Balaban J connectivity index is 2.87. The van der Waals surface area contributed by atoms with Crippen LogP contribution in [0.25, 0.3) is 11.1 Å². The van der Waals surface area contributed by atoms with Gasteiger partial charge in [-0.2, -0.15) is 0 Å². The van der Waals surface area contributed by atoms with Crippen molar-refractivity contribution in [2.75, 3.05) is 5.73 Å². The number of hydrogen-bond donors (Lipinski definition) is 1. The molecule has 0 saturated carbocycles. The number of pyridine rings is 1. The Morgan fingerprint density at radius 1 is 1.55 bits per heavy atom. The normalized spacial score (nSPS) is 10.6. The zero-order chi connectivity index (χ0) is 7.84. The van der Waals surface area contributed by atoms with E-state index in [1.54, 1.807) is 0 Å². The van der Waals surface area contributed by atoms with E-state index in [1.807, 2.05) is 0 Å². The maximum atomic E-state index is 12.5. The highest BCUT2D eigenvalue weighted by Gasteiger charge is 2.05. The van der Waals surface area contributed by atoms with Crippen LogP contribution in [0.4, 0.5) is 10.2 Å². The number of halogens is 1. The molecule has 0 aromatic carbocycles. The molecule has 0 aliphatic heterocycles. The second kappa shape index (κ2) is 1.91. The van der Waals surface area contributed by atoms with Crippen molar-refractivity contribution in [1.29, 1.82) is 0 Å². The standard InChI is InChI=1S/C6H4FN3O/c7-3-1-4-5(8)10-11-6(4)9-2-3/h1-2H,(H2,8,10). The summed E-state index contributed by atoms with van der Waals surface area (Å²) < 4.78 is 17.2. The molecule has 0 spiro atoms. The van der Waals surface area contributed by atoms with E-state index in [0.717, 1.165) is 6.20 Å². The van der Waals surface area contributed by atoms with Gasteiger partial charge in [0, 0.05) is 0 Å². The first kappa shape index (κ1) is 6.09. The van der Waals surface area contributed by atoms with Gasteiger partial charge in [0.2, 0.25) is 0 Å². The smallest absolute Gasteiger partial charge is 0.260 e. The Kier molecular flexibility index (Phi) is 1.06. The SMILES string of the molecule is Nc1noc2ncc(F)cc12. The van der Waals surface area contributed by atoms with E-state index in [1.165, 1.54) is 6.07 Å². The molecule has 0 amide bonds. The fraction of sp³-hybridized carbons (Fsp3) is 0. The highest BCUT2D eigenvalue weighted by atomic mass is 19.1. The maximum absolute atomic E-state index is 12.5. The highest BCUT2D eigenvalue weighted by molar-refractivity contribution is 5.83. The van der Waals surface area contributed by atoms with Crippen LogP contribution in [0.1, 0.15) is 0 Å². The Hall–Kier alpha value is -1.65. The molecule has 56 valence electrons. The van der Waals surface area contributed by atoms with E-state index < -0.39 is 5.82 Å². The molecular formula is C6H4FN3O. The highest BCUT2D eigenvalue weighted by Crippen LogP contribution is 2.17. The molecule has 11 heavy (non-hydrogen) atoms. The summed E-state index contributed by atoms with van der Waals surface area (Å²) in [6.45, 7) is 0. The fourth-order valence-electron chi connectivity index (χ4n) is 0.825. The molecule has 0 unspecified atom stereocenters. The number of rotatable bonds is 0. The second-order valence-electron chi connectivity index (χ2n) is 2.07. The zero-order valence-electron chi connectivity index (χ0n) is 5.41. The van der Waals surface area contributed by atoms with E-state index in [0.29, 0.717) is 5.39 Å². The first-order chi connectivity index (χ1) is 5.27. The Bertz CT molecular complexity index is 398. The fourth-order valence-corrected chi connectivity index (χ4v) is 0.825. The van der Waals surface area contributed by atoms with Gasteiger partial charge in [-0.05, 0) is 6.07 Å². The Morgan fingerprint density at radius 3 is 3.18 bits per heavy atom. The molecule has 4 nitrogen and oxygen atoms in total. The summed E-state index contributed by atoms with van der Waals surface area (Å²) in [6, 6.07) is 1.23. The quantitative estimate of drug-likeness (QED) is 0.611. The van der Waals surface area contributed by atoms with Crippen molar-refractivity contribution < 1.29 is 8.91 Å². The van der Waals surface area contributed by atoms with E-state index in [4.69, 9.17) is 5.73 Å². The van der Waals surface area contributed by atoms with Crippen molar-refractivity contribution in [3.8, 4) is 0 Å². The first-order valence-electron chi connectivity index (χ1n) is 2.94. The van der Waals surface area contributed by atoms with Gasteiger partial charge < -0.3 is 10.3 Å². The number of fused-ring (bicyclic) bond motifs is 1. The monoisotopic (exact) mass is 153 g/mol. The van der Waals surface area contributed by atoms with Crippen LogP contribution in [0, 0.1) is 5.82 Å².